The van der Waals surface area contributed by atoms with Crippen LogP contribution in [0.2, 0.25) is 0 Å². The topological polar surface area (TPSA) is 95.6 Å². The van der Waals surface area contributed by atoms with Crippen molar-refractivity contribution in [3.8, 4) is 0 Å². The van der Waals surface area contributed by atoms with Gasteiger partial charge in [0, 0.05) is 44.0 Å². The van der Waals surface area contributed by atoms with Gasteiger partial charge in [0.25, 0.3) is 0 Å². The van der Waals surface area contributed by atoms with Crippen molar-refractivity contribution in [3.05, 3.63) is 30.1 Å². The Balaban J connectivity index is 1.14. The van der Waals surface area contributed by atoms with E-state index in [1.807, 2.05) is 12.3 Å². The van der Waals surface area contributed by atoms with Gasteiger partial charge in [-0.2, -0.15) is 0 Å². The van der Waals surface area contributed by atoms with E-state index in [0.717, 1.165) is 36.7 Å². The number of aromatic amines is 1. The number of hydrogen-bond acceptors (Lipinski definition) is 5. The Morgan fingerprint density at radius 2 is 1.91 bits per heavy atom. The summed E-state index contributed by atoms with van der Waals surface area (Å²) < 4.78 is 34.0. The number of H-pyrrole nitrogens is 1. The Labute approximate surface area is 208 Å². The Morgan fingerprint density at radius 1 is 1.17 bits per heavy atom. The second kappa shape index (κ2) is 9.73. The number of sulfonamides is 1. The number of nitrogens with one attached hydrogen (secondary N) is 1. The van der Waals surface area contributed by atoms with E-state index in [1.54, 1.807) is 15.4 Å². The van der Waals surface area contributed by atoms with Gasteiger partial charge in [0.05, 0.1) is 0 Å². The van der Waals surface area contributed by atoms with Crippen molar-refractivity contribution in [1.82, 2.24) is 19.2 Å². The molecule has 3 aliphatic rings. The monoisotopic (exact) mass is 502 g/mol. The number of hydrogen-bond donors (Lipinski definition) is 1. The lowest BCUT2D eigenvalue weighted by Gasteiger charge is -2.43. The van der Waals surface area contributed by atoms with E-state index in [0.29, 0.717) is 36.8 Å². The first-order valence-electron chi connectivity index (χ1n) is 13.1. The number of carbonyl (C=O) groups excluding carboxylic acids is 1. The lowest BCUT2D eigenvalue weighted by Crippen LogP contribution is -2.61. The van der Waals surface area contributed by atoms with Gasteiger partial charge < -0.3 is 14.6 Å². The second-order valence-electron chi connectivity index (χ2n) is 11.1. The fourth-order valence-electron chi connectivity index (χ4n) is 6.18. The van der Waals surface area contributed by atoms with Crippen LogP contribution in [0.4, 0.5) is 4.79 Å². The maximum Gasteiger partial charge on any atom is 0.410 e. The molecule has 2 aromatic rings. The fraction of sp³-hybridized carbons (Fsp3) is 0.692. The first-order chi connectivity index (χ1) is 16.7. The van der Waals surface area contributed by atoms with Gasteiger partial charge in [-0.15, -0.1) is 0 Å². The summed E-state index contributed by atoms with van der Waals surface area (Å²) in [4.78, 5) is 21.9. The van der Waals surface area contributed by atoms with E-state index in [2.05, 4.69) is 36.8 Å². The van der Waals surface area contributed by atoms with Gasteiger partial charge in [0.2, 0.25) is 10.0 Å². The Bertz CT molecular complexity index is 1150. The van der Waals surface area contributed by atoms with Crippen LogP contribution in [0.3, 0.4) is 0 Å². The van der Waals surface area contributed by atoms with Crippen molar-refractivity contribution in [2.45, 2.75) is 70.1 Å². The molecule has 1 amide bonds. The molecule has 2 aromatic heterocycles. The number of pyridine rings is 1. The van der Waals surface area contributed by atoms with Gasteiger partial charge in [-0.1, -0.05) is 27.2 Å². The fourth-order valence-corrected chi connectivity index (χ4v) is 8.05. The van der Waals surface area contributed by atoms with Crippen molar-refractivity contribution < 1.29 is 17.9 Å². The highest BCUT2D eigenvalue weighted by Crippen LogP contribution is 2.37. The SMILES string of the molecule is CC(C)C1CC[C@H](C)C[C@@H]1OC(=O)N1CC(S(=O)(=O)N2CCC(c3c[nH]c4ncccc34)CC2)C1. The van der Waals surface area contributed by atoms with Crippen LogP contribution in [-0.4, -0.2) is 71.2 Å². The number of piperidine rings is 1. The predicted octanol–water partition coefficient (Wildman–Crippen LogP) is 4.35. The quantitative estimate of drug-likeness (QED) is 0.656. The van der Waals surface area contributed by atoms with Crippen LogP contribution in [0.1, 0.15) is 64.4 Å². The number of carbonyl (C=O) groups is 1. The Hall–Kier alpha value is -2.13. The molecule has 1 N–H and O–H groups in total. The molecule has 35 heavy (non-hydrogen) atoms. The molecule has 0 radical (unpaired) electrons. The van der Waals surface area contributed by atoms with Crippen LogP contribution >= 0.6 is 0 Å². The Kier molecular flexibility index (Phi) is 6.83. The summed E-state index contributed by atoms with van der Waals surface area (Å²) in [6.45, 7) is 8.06. The largest absolute Gasteiger partial charge is 0.446 e. The number of rotatable bonds is 5. The maximum atomic E-state index is 13.2. The number of likely N-dealkylation sites (tertiary alicyclic amines) is 1. The van der Waals surface area contributed by atoms with Crippen molar-refractivity contribution in [2.75, 3.05) is 26.2 Å². The molecule has 192 valence electrons. The first-order valence-corrected chi connectivity index (χ1v) is 14.6. The molecule has 0 spiro atoms. The minimum absolute atomic E-state index is 0.0688. The molecule has 9 heteroatoms. The van der Waals surface area contributed by atoms with Crippen LogP contribution in [0.25, 0.3) is 11.0 Å². The molecular weight excluding hydrogens is 464 g/mol. The van der Waals surface area contributed by atoms with Gasteiger partial charge in [-0.05, 0) is 67.1 Å². The van der Waals surface area contributed by atoms with Crippen LogP contribution in [0.5, 0.6) is 0 Å². The van der Waals surface area contributed by atoms with E-state index >= 15 is 0 Å². The minimum Gasteiger partial charge on any atom is -0.446 e. The highest BCUT2D eigenvalue weighted by Gasteiger charge is 2.45. The summed E-state index contributed by atoms with van der Waals surface area (Å²) in [6.07, 6.45) is 8.09. The molecule has 1 saturated carbocycles. The average Bonchev–Trinajstić information content (AvgIpc) is 3.22. The molecule has 8 nitrogen and oxygen atoms in total. The number of nitrogens with zero attached hydrogens (tertiary/aromatic N) is 3. The summed E-state index contributed by atoms with van der Waals surface area (Å²) >= 11 is 0. The van der Waals surface area contributed by atoms with Gasteiger partial charge in [-0.25, -0.2) is 22.5 Å². The van der Waals surface area contributed by atoms with Crippen molar-refractivity contribution in [3.63, 3.8) is 0 Å². The van der Waals surface area contributed by atoms with Crippen LogP contribution in [0.15, 0.2) is 24.5 Å². The zero-order valence-electron chi connectivity index (χ0n) is 21.0. The molecule has 3 atom stereocenters. The molecule has 0 bridgehead atoms. The summed E-state index contributed by atoms with van der Waals surface area (Å²) in [7, 11) is -3.43. The molecular formula is C26H38N4O4S. The smallest absolute Gasteiger partial charge is 0.410 e. The molecule has 1 aliphatic carbocycles. The summed E-state index contributed by atoms with van der Waals surface area (Å²) in [6, 6.07) is 4.00. The normalized spacial score (nSPS) is 27.3. The van der Waals surface area contributed by atoms with E-state index in [9.17, 15) is 13.2 Å². The second-order valence-corrected chi connectivity index (χ2v) is 13.4. The van der Waals surface area contributed by atoms with E-state index in [-0.39, 0.29) is 25.3 Å². The molecule has 2 aliphatic heterocycles. The van der Waals surface area contributed by atoms with Gasteiger partial charge in [0.1, 0.15) is 17.0 Å². The third-order valence-corrected chi connectivity index (χ3v) is 10.7. The van der Waals surface area contributed by atoms with Crippen LogP contribution in [0, 0.1) is 17.8 Å². The highest BCUT2D eigenvalue weighted by atomic mass is 32.2. The predicted molar refractivity (Wildman–Crippen MR) is 136 cm³/mol. The molecule has 3 fully saturated rings. The highest BCUT2D eigenvalue weighted by molar-refractivity contribution is 7.89. The lowest BCUT2D eigenvalue weighted by atomic mass is 9.75. The zero-order chi connectivity index (χ0) is 24.7. The summed E-state index contributed by atoms with van der Waals surface area (Å²) in [5.74, 6) is 1.72. The minimum atomic E-state index is -3.43. The van der Waals surface area contributed by atoms with Crippen molar-refractivity contribution in [1.29, 1.82) is 0 Å². The van der Waals surface area contributed by atoms with Gasteiger partial charge >= 0.3 is 6.09 Å². The lowest BCUT2D eigenvalue weighted by molar-refractivity contribution is -0.0170. The van der Waals surface area contributed by atoms with E-state index in [1.165, 1.54) is 12.0 Å². The van der Waals surface area contributed by atoms with Crippen LogP contribution < -0.4 is 0 Å². The molecule has 2 saturated heterocycles. The molecule has 4 heterocycles. The van der Waals surface area contributed by atoms with Gasteiger partial charge in [0.15, 0.2) is 0 Å². The summed E-state index contributed by atoms with van der Waals surface area (Å²) in [5, 5.41) is 0.587. The molecule has 5 rings (SSSR count). The molecule has 0 aromatic carbocycles. The van der Waals surface area contributed by atoms with Crippen molar-refractivity contribution in [2.24, 2.45) is 17.8 Å². The Morgan fingerprint density at radius 3 is 2.63 bits per heavy atom. The third-order valence-electron chi connectivity index (χ3n) is 8.48. The number of fused-ring (bicyclic) bond motifs is 1. The number of aromatic nitrogens is 2. The van der Waals surface area contributed by atoms with Gasteiger partial charge in [-0.3, -0.25) is 0 Å². The van der Waals surface area contributed by atoms with Crippen molar-refractivity contribution >= 4 is 27.1 Å². The standard InChI is InChI=1S/C26H38N4O4S/c1-17(2)21-7-6-18(3)13-24(21)34-26(31)29-15-20(16-29)35(32,33)30-11-8-19(9-12-30)23-14-28-25-22(23)5-4-10-27-25/h4-5,10,14,17-21,24H,6-9,11-13,15-16H2,1-3H3,(H,27,28)/t18-,21?,24-/m0/s1. The summed E-state index contributed by atoms with van der Waals surface area (Å²) in [5.41, 5.74) is 2.10. The number of amides is 1. The van der Waals surface area contributed by atoms with E-state index in [4.69, 9.17) is 4.74 Å². The number of ether oxygens (including phenoxy) is 1. The zero-order valence-corrected chi connectivity index (χ0v) is 21.8. The third kappa shape index (κ3) is 4.81. The average molecular weight is 503 g/mol. The van der Waals surface area contributed by atoms with Crippen LogP contribution in [-0.2, 0) is 14.8 Å². The molecule has 1 unspecified atom stereocenters. The van der Waals surface area contributed by atoms with E-state index < -0.39 is 15.3 Å². The first kappa shape index (κ1) is 24.6. The maximum absolute atomic E-state index is 13.2.